The van der Waals surface area contributed by atoms with Crippen LogP contribution < -0.4 is 4.90 Å². The predicted molar refractivity (Wildman–Crippen MR) is 81.0 cm³/mol. The molecule has 4 nitrogen and oxygen atoms in total. The number of nitriles is 1. The van der Waals surface area contributed by atoms with E-state index in [1.165, 1.54) is 12.1 Å². The van der Waals surface area contributed by atoms with Crippen LogP contribution in [0.4, 0.5) is 10.2 Å². The highest BCUT2D eigenvalue weighted by Gasteiger charge is 2.25. The third-order valence-electron chi connectivity index (χ3n) is 3.86. The number of aromatic nitrogens is 1. The third-order valence-corrected chi connectivity index (χ3v) is 3.86. The lowest BCUT2D eigenvalue weighted by Crippen LogP contribution is -2.39. The fourth-order valence-electron chi connectivity index (χ4n) is 2.73. The van der Waals surface area contributed by atoms with Gasteiger partial charge in [-0.25, -0.2) is 4.98 Å². The second-order valence-corrected chi connectivity index (χ2v) is 5.28. The van der Waals surface area contributed by atoms with E-state index in [4.69, 9.17) is 4.74 Å². The first-order valence-corrected chi connectivity index (χ1v) is 7.18. The SMILES string of the molecule is Cc1ccccc1C1CN(c2nc(F)ccc2C#N)CCO1. The number of rotatable bonds is 2. The van der Waals surface area contributed by atoms with E-state index in [1.807, 2.05) is 36.1 Å². The first-order valence-electron chi connectivity index (χ1n) is 7.18. The topological polar surface area (TPSA) is 49.2 Å². The van der Waals surface area contributed by atoms with Gasteiger partial charge in [0.25, 0.3) is 0 Å². The van der Waals surface area contributed by atoms with Gasteiger partial charge in [0.1, 0.15) is 18.0 Å². The maximum atomic E-state index is 13.4. The van der Waals surface area contributed by atoms with Crippen molar-refractivity contribution in [3.63, 3.8) is 0 Å². The maximum absolute atomic E-state index is 13.4. The number of hydrogen-bond acceptors (Lipinski definition) is 4. The summed E-state index contributed by atoms with van der Waals surface area (Å²) in [6, 6.07) is 12.8. The highest BCUT2D eigenvalue weighted by Crippen LogP contribution is 2.28. The minimum atomic E-state index is -0.576. The zero-order chi connectivity index (χ0) is 15.5. The Bertz CT molecular complexity index is 726. The Morgan fingerprint density at radius 1 is 1.32 bits per heavy atom. The van der Waals surface area contributed by atoms with Gasteiger partial charge in [0, 0.05) is 13.1 Å². The average molecular weight is 297 g/mol. The molecule has 1 aromatic carbocycles. The quantitative estimate of drug-likeness (QED) is 0.800. The van der Waals surface area contributed by atoms with Crippen LogP contribution in [-0.4, -0.2) is 24.7 Å². The average Bonchev–Trinajstić information content (AvgIpc) is 2.55. The summed E-state index contributed by atoms with van der Waals surface area (Å²) in [5.41, 5.74) is 2.65. The lowest BCUT2D eigenvalue weighted by Gasteiger charge is -2.34. The van der Waals surface area contributed by atoms with Gasteiger partial charge in [-0.2, -0.15) is 9.65 Å². The molecule has 0 radical (unpaired) electrons. The summed E-state index contributed by atoms with van der Waals surface area (Å²) in [4.78, 5) is 5.82. The number of morpholine rings is 1. The second kappa shape index (κ2) is 6.12. The van der Waals surface area contributed by atoms with Crippen LogP contribution in [0.1, 0.15) is 22.8 Å². The van der Waals surface area contributed by atoms with Crippen molar-refractivity contribution >= 4 is 5.82 Å². The molecule has 1 unspecified atom stereocenters. The monoisotopic (exact) mass is 297 g/mol. The van der Waals surface area contributed by atoms with E-state index >= 15 is 0 Å². The first kappa shape index (κ1) is 14.5. The molecule has 0 bridgehead atoms. The largest absolute Gasteiger partial charge is 0.370 e. The van der Waals surface area contributed by atoms with Gasteiger partial charge in [-0.15, -0.1) is 0 Å². The molecular weight excluding hydrogens is 281 g/mol. The van der Waals surface area contributed by atoms with Gasteiger partial charge < -0.3 is 9.64 Å². The maximum Gasteiger partial charge on any atom is 0.214 e. The van der Waals surface area contributed by atoms with Crippen molar-refractivity contribution in [2.75, 3.05) is 24.6 Å². The number of anilines is 1. The molecule has 0 N–H and O–H groups in total. The van der Waals surface area contributed by atoms with Crippen molar-refractivity contribution in [2.45, 2.75) is 13.0 Å². The van der Waals surface area contributed by atoms with Gasteiger partial charge in [0.05, 0.1) is 12.2 Å². The third kappa shape index (κ3) is 2.78. The summed E-state index contributed by atoms with van der Waals surface area (Å²) in [6.45, 7) is 3.70. The molecule has 0 spiro atoms. The van der Waals surface area contributed by atoms with Crippen molar-refractivity contribution in [1.29, 1.82) is 5.26 Å². The minimum Gasteiger partial charge on any atom is -0.370 e. The Labute approximate surface area is 128 Å². The molecule has 0 amide bonds. The van der Waals surface area contributed by atoms with E-state index in [1.54, 1.807) is 0 Å². The number of ether oxygens (including phenoxy) is 1. The predicted octanol–water partition coefficient (Wildman–Crippen LogP) is 2.98. The number of benzene rings is 1. The normalized spacial score (nSPS) is 18.0. The molecule has 22 heavy (non-hydrogen) atoms. The van der Waals surface area contributed by atoms with E-state index in [0.29, 0.717) is 31.1 Å². The zero-order valence-corrected chi connectivity index (χ0v) is 12.3. The van der Waals surface area contributed by atoms with Gasteiger partial charge in [-0.3, -0.25) is 0 Å². The minimum absolute atomic E-state index is 0.105. The Morgan fingerprint density at radius 2 is 2.14 bits per heavy atom. The van der Waals surface area contributed by atoms with E-state index in [2.05, 4.69) is 11.1 Å². The standard InChI is InChI=1S/C17H16FN3O/c1-12-4-2-3-5-14(12)15-11-21(8-9-22-15)17-13(10-19)6-7-16(18)20-17/h2-7,15H,8-9,11H2,1H3. The lowest BCUT2D eigenvalue weighted by molar-refractivity contribution is 0.0391. The number of hydrogen-bond donors (Lipinski definition) is 0. The lowest BCUT2D eigenvalue weighted by atomic mass is 10.0. The van der Waals surface area contributed by atoms with Crippen LogP contribution in [0.25, 0.3) is 0 Å². The molecule has 5 heteroatoms. The molecule has 1 aromatic heterocycles. The molecule has 2 heterocycles. The fraction of sp³-hybridized carbons (Fsp3) is 0.294. The zero-order valence-electron chi connectivity index (χ0n) is 12.3. The van der Waals surface area contributed by atoms with E-state index < -0.39 is 5.95 Å². The number of halogens is 1. The Morgan fingerprint density at radius 3 is 2.91 bits per heavy atom. The number of aryl methyl sites for hydroxylation is 1. The van der Waals surface area contributed by atoms with Gasteiger partial charge in [-0.1, -0.05) is 24.3 Å². The summed E-state index contributed by atoms with van der Waals surface area (Å²) >= 11 is 0. The van der Waals surface area contributed by atoms with E-state index in [0.717, 1.165) is 11.1 Å². The summed E-state index contributed by atoms with van der Waals surface area (Å²) in [5.74, 6) is -0.183. The van der Waals surface area contributed by atoms with Crippen LogP contribution in [0.5, 0.6) is 0 Å². The number of pyridine rings is 1. The molecule has 1 aliphatic rings. The highest BCUT2D eigenvalue weighted by molar-refractivity contribution is 5.54. The van der Waals surface area contributed by atoms with Crippen molar-refractivity contribution in [3.05, 3.63) is 59.0 Å². The van der Waals surface area contributed by atoms with Crippen LogP contribution in [-0.2, 0) is 4.74 Å². The first-order chi connectivity index (χ1) is 10.7. The van der Waals surface area contributed by atoms with Gasteiger partial charge in [-0.05, 0) is 30.2 Å². The van der Waals surface area contributed by atoms with Crippen molar-refractivity contribution in [1.82, 2.24) is 4.98 Å². The molecular formula is C17H16FN3O. The highest BCUT2D eigenvalue weighted by atomic mass is 19.1. The van der Waals surface area contributed by atoms with Crippen LogP contribution in [0.2, 0.25) is 0 Å². The molecule has 2 aromatic rings. The Kier molecular flexibility index (Phi) is 4.03. The number of nitrogens with zero attached hydrogens (tertiary/aromatic N) is 3. The smallest absolute Gasteiger partial charge is 0.214 e. The van der Waals surface area contributed by atoms with Crippen LogP contribution in [0, 0.1) is 24.2 Å². The van der Waals surface area contributed by atoms with Crippen LogP contribution >= 0.6 is 0 Å². The molecule has 1 saturated heterocycles. The molecule has 1 atom stereocenters. The van der Waals surface area contributed by atoms with Crippen LogP contribution in [0.15, 0.2) is 36.4 Å². The molecule has 0 saturated carbocycles. The molecule has 112 valence electrons. The molecule has 0 aliphatic carbocycles. The van der Waals surface area contributed by atoms with E-state index in [9.17, 15) is 9.65 Å². The molecule has 1 fully saturated rings. The van der Waals surface area contributed by atoms with Gasteiger partial charge >= 0.3 is 0 Å². The summed E-state index contributed by atoms with van der Waals surface area (Å²) in [5, 5.41) is 9.20. The van der Waals surface area contributed by atoms with Crippen molar-refractivity contribution < 1.29 is 9.13 Å². The summed E-state index contributed by atoms with van der Waals surface area (Å²) in [7, 11) is 0. The van der Waals surface area contributed by atoms with Crippen molar-refractivity contribution in [2.24, 2.45) is 0 Å². The summed E-state index contributed by atoms with van der Waals surface area (Å²) < 4.78 is 19.3. The van der Waals surface area contributed by atoms with E-state index in [-0.39, 0.29) is 6.10 Å². The van der Waals surface area contributed by atoms with Gasteiger partial charge in [0.2, 0.25) is 5.95 Å². The van der Waals surface area contributed by atoms with Crippen LogP contribution in [0.3, 0.4) is 0 Å². The second-order valence-electron chi connectivity index (χ2n) is 5.28. The Hall–Kier alpha value is -2.45. The Balaban J connectivity index is 1.90. The van der Waals surface area contributed by atoms with Gasteiger partial charge in [0.15, 0.2) is 0 Å². The summed E-state index contributed by atoms with van der Waals surface area (Å²) in [6.07, 6.45) is -0.105. The molecule has 1 aliphatic heterocycles. The fourth-order valence-corrected chi connectivity index (χ4v) is 2.73. The van der Waals surface area contributed by atoms with Crippen molar-refractivity contribution in [3.8, 4) is 6.07 Å². The molecule has 3 rings (SSSR count).